The van der Waals surface area contributed by atoms with E-state index in [1.807, 2.05) is 0 Å². The van der Waals surface area contributed by atoms with Crippen molar-refractivity contribution < 1.29 is 14.7 Å². The number of anilines is 1. The maximum atomic E-state index is 12.0. The summed E-state index contributed by atoms with van der Waals surface area (Å²) < 4.78 is 0. The maximum Gasteiger partial charge on any atom is 0.329 e. The molecule has 1 aliphatic carbocycles. The van der Waals surface area contributed by atoms with Crippen LogP contribution in [0.15, 0.2) is 18.3 Å². The van der Waals surface area contributed by atoms with Gasteiger partial charge in [-0.3, -0.25) is 4.79 Å². The zero-order valence-corrected chi connectivity index (χ0v) is 9.85. The zero-order valence-electron chi connectivity index (χ0n) is 9.85. The van der Waals surface area contributed by atoms with Crippen molar-refractivity contribution in [3.63, 3.8) is 0 Å². The second-order valence-electron chi connectivity index (χ2n) is 4.49. The SMILES string of the molecule is Nc1cccnc1C(=O)NC1(C(=O)O)CCCC1. The summed E-state index contributed by atoms with van der Waals surface area (Å²) in [7, 11) is 0. The average molecular weight is 249 g/mol. The van der Waals surface area contributed by atoms with Crippen molar-refractivity contribution in [2.45, 2.75) is 31.2 Å². The highest BCUT2D eigenvalue weighted by Gasteiger charge is 2.43. The Morgan fingerprint density at radius 3 is 2.61 bits per heavy atom. The first-order valence-electron chi connectivity index (χ1n) is 5.81. The number of carboxylic acid groups (broad SMARTS) is 1. The molecule has 18 heavy (non-hydrogen) atoms. The molecule has 1 aromatic rings. The van der Waals surface area contributed by atoms with E-state index in [1.165, 1.54) is 6.20 Å². The zero-order chi connectivity index (χ0) is 13.2. The number of carbonyl (C=O) groups excluding carboxylic acids is 1. The minimum absolute atomic E-state index is 0.0741. The van der Waals surface area contributed by atoms with Crippen LogP contribution in [-0.2, 0) is 4.79 Å². The number of hydrogen-bond donors (Lipinski definition) is 3. The number of carboxylic acids is 1. The van der Waals surface area contributed by atoms with Crippen LogP contribution in [0.5, 0.6) is 0 Å². The molecule has 1 aliphatic rings. The highest BCUT2D eigenvalue weighted by atomic mass is 16.4. The third-order valence-electron chi connectivity index (χ3n) is 3.27. The van der Waals surface area contributed by atoms with Gasteiger partial charge in [0.2, 0.25) is 0 Å². The summed E-state index contributed by atoms with van der Waals surface area (Å²) in [4.78, 5) is 27.2. The van der Waals surface area contributed by atoms with Crippen LogP contribution in [0.3, 0.4) is 0 Å². The fraction of sp³-hybridized carbons (Fsp3) is 0.417. The minimum Gasteiger partial charge on any atom is -0.480 e. The molecule has 0 aliphatic heterocycles. The summed E-state index contributed by atoms with van der Waals surface area (Å²) in [5.41, 5.74) is 4.80. The Bertz CT molecular complexity index is 481. The smallest absolute Gasteiger partial charge is 0.329 e. The van der Waals surface area contributed by atoms with Gasteiger partial charge in [-0.1, -0.05) is 12.8 Å². The highest BCUT2D eigenvalue weighted by Crippen LogP contribution is 2.30. The Labute approximate surface area is 104 Å². The number of nitrogens with two attached hydrogens (primary N) is 1. The van der Waals surface area contributed by atoms with Gasteiger partial charge in [0.25, 0.3) is 5.91 Å². The van der Waals surface area contributed by atoms with Gasteiger partial charge >= 0.3 is 5.97 Å². The van der Waals surface area contributed by atoms with Crippen molar-refractivity contribution in [2.24, 2.45) is 0 Å². The summed E-state index contributed by atoms with van der Waals surface area (Å²) in [5.74, 6) is -1.53. The number of rotatable bonds is 3. The normalized spacial score (nSPS) is 17.3. The monoisotopic (exact) mass is 249 g/mol. The Kier molecular flexibility index (Phi) is 3.18. The van der Waals surface area contributed by atoms with Crippen molar-refractivity contribution in [1.82, 2.24) is 10.3 Å². The number of aliphatic carboxylic acids is 1. The van der Waals surface area contributed by atoms with Gasteiger partial charge in [-0.05, 0) is 25.0 Å². The van der Waals surface area contributed by atoms with Crippen LogP contribution in [0.25, 0.3) is 0 Å². The number of amides is 1. The molecule has 0 radical (unpaired) electrons. The molecule has 1 fully saturated rings. The highest BCUT2D eigenvalue weighted by molar-refractivity contribution is 6.00. The minimum atomic E-state index is -1.17. The number of pyridine rings is 1. The Morgan fingerprint density at radius 2 is 2.06 bits per heavy atom. The van der Waals surface area contributed by atoms with Crippen molar-refractivity contribution >= 4 is 17.6 Å². The lowest BCUT2D eigenvalue weighted by Crippen LogP contribution is -2.52. The van der Waals surface area contributed by atoms with Gasteiger partial charge in [-0.15, -0.1) is 0 Å². The van der Waals surface area contributed by atoms with E-state index in [9.17, 15) is 14.7 Å². The third-order valence-corrected chi connectivity index (χ3v) is 3.27. The largest absolute Gasteiger partial charge is 0.480 e. The van der Waals surface area contributed by atoms with Crippen LogP contribution < -0.4 is 11.1 Å². The van der Waals surface area contributed by atoms with Gasteiger partial charge in [0, 0.05) is 6.20 Å². The van der Waals surface area contributed by atoms with E-state index in [0.29, 0.717) is 12.8 Å². The predicted octanol–water partition coefficient (Wildman–Crippen LogP) is 0.791. The van der Waals surface area contributed by atoms with Crippen molar-refractivity contribution in [3.05, 3.63) is 24.0 Å². The van der Waals surface area contributed by atoms with E-state index in [1.54, 1.807) is 12.1 Å². The van der Waals surface area contributed by atoms with E-state index in [0.717, 1.165) is 12.8 Å². The maximum absolute atomic E-state index is 12.0. The molecular formula is C12H15N3O3. The Balaban J connectivity index is 2.21. The molecule has 1 heterocycles. The fourth-order valence-corrected chi connectivity index (χ4v) is 2.25. The van der Waals surface area contributed by atoms with E-state index in [2.05, 4.69) is 10.3 Å². The lowest BCUT2D eigenvalue weighted by Gasteiger charge is -2.25. The van der Waals surface area contributed by atoms with Gasteiger partial charge in [0.1, 0.15) is 5.54 Å². The van der Waals surface area contributed by atoms with E-state index < -0.39 is 17.4 Å². The molecule has 6 heteroatoms. The summed E-state index contributed by atoms with van der Waals surface area (Å²) in [6.45, 7) is 0. The average Bonchev–Trinajstić information content (AvgIpc) is 2.79. The first kappa shape index (κ1) is 12.3. The topological polar surface area (TPSA) is 105 Å². The van der Waals surface area contributed by atoms with Crippen molar-refractivity contribution in [2.75, 3.05) is 5.73 Å². The van der Waals surface area contributed by atoms with E-state index >= 15 is 0 Å². The number of carbonyl (C=O) groups is 2. The summed E-state index contributed by atoms with van der Waals surface area (Å²) in [6.07, 6.45) is 3.93. The second kappa shape index (κ2) is 4.64. The lowest BCUT2D eigenvalue weighted by atomic mass is 9.97. The first-order chi connectivity index (χ1) is 8.55. The van der Waals surface area contributed by atoms with Crippen LogP contribution >= 0.6 is 0 Å². The predicted molar refractivity (Wildman–Crippen MR) is 65.0 cm³/mol. The molecule has 0 saturated heterocycles. The molecule has 1 amide bonds. The van der Waals surface area contributed by atoms with Crippen LogP contribution in [0.2, 0.25) is 0 Å². The van der Waals surface area contributed by atoms with E-state index in [-0.39, 0.29) is 11.4 Å². The molecule has 96 valence electrons. The van der Waals surface area contributed by atoms with Gasteiger partial charge in [0.15, 0.2) is 5.69 Å². The molecular weight excluding hydrogens is 234 g/mol. The molecule has 4 N–H and O–H groups in total. The molecule has 0 aromatic carbocycles. The van der Waals surface area contributed by atoms with Gasteiger partial charge in [0.05, 0.1) is 5.69 Å². The molecule has 0 atom stereocenters. The number of nitrogens with one attached hydrogen (secondary N) is 1. The summed E-state index contributed by atoms with van der Waals surface area (Å²) >= 11 is 0. The molecule has 2 rings (SSSR count). The standard InChI is InChI=1S/C12H15N3O3/c13-8-4-3-7-14-9(8)10(16)15-12(11(17)18)5-1-2-6-12/h3-4,7H,1-2,5-6,13H2,(H,15,16)(H,17,18). The molecule has 1 aromatic heterocycles. The van der Waals surface area contributed by atoms with Gasteiger partial charge in [-0.2, -0.15) is 0 Å². The third kappa shape index (κ3) is 2.13. The summed E-state index contributed by atoms with van der Waals surface area (Å²) in [6, 6.07) is 3.18. The molecule has 1 saturated carbocycles. The molecule has 0 spiro atoms. The van der Waals surface area contributed by atoms with Crippen LogP contribution in [-0.4, -0.2) is 27.5 Å². The summed E-state index contributed by atoms with van der Waals surface area (Å²) in [5, 5.41) is 11.8. The van der Waals surface area contributed by atoms with Crippen molar-refractivity contribution in [3.8, 4) is 0 Å². The number of hydrogen-bond acceptors (Lipinski definition) is 4. The Morgan fingerprint density at radius 1 is 1.39 bits per heavy atom. The lowest BCUT2D eigenvalue weighted by molar-refractivity contribution is -0.144. The quantitative estimate of drug-likeness (QED) is 0.734. The van der Waals surface area contributed by atoms with Gasteiger partial charge < -0.3 is 16.2 Å². The number of nitrogen functional groups attached to an aromatic ring is 1. The Hall–Kier alpha value is -2.11. The first-order valence-corrected chi connectivity index (χ1v) is 5.81. The molecule has 6 nitrogen and oxygen atoms in total. The molecule has 0 bridgehead atoms. The van der Waals surface area contributed by atoms with Crippen LogP contribution in [0.1, 0.15) is 36.2 Å². The van der Waals surface area contributed by atoms with Crippen LogP contribution in [0, 0.1) is 0 Å². The second-order valence-corrected chi connectivity index (χ2v) is 4.49. The number of aromatic nitrogens is 1. The van der Waals surface area contributed by atoms with Crippen molar-refractivity contribution in [1.29, 1.82) is 0 Å². The van der Waals surface area contributed by atoms with Gasteiger partial charge in [-0.25, -0.2) is 9.78 Å². The van der Waals surface area contributed by atoms with Crippen LogP contribution in [0.4, 0.5) is 5.69 Å². The fourth-order valence-electron chi connectivity index (χ4n) is 2.25. The molecule has 0 unspecified atom stereocenters. The van der Waals surface area contributed by atoms with E-state index in [4.69, 9.17) is 5.73 Å². The number of nitrogens with zero attached hydrogens (tertiary/aromatic N) is 1.